The van der Waals surface area contributed by atoms with Gasteiger partial charge in [-0.25, -0.2) is 15.0 Å². The second-order valence-corrected chi connectivity index (χ2v) is 7.29. The quantitative estimate of drug-likeness (QED) is 0.676. The molecule has 1 amide bonds. The van der Waals surface area contributed by atoms with Crippen molar-refractivity contribution in [3.8, 4) is 11.5 Å². The van der Waals surface area contributed by atoms with E-state index in [-0.39, 0.29) is 18.4 Å². The zero-order valence-corrected chi connectivity index (χ0v) is 16.0. The number of alkyl halides is 3. The molecule has 0 saturated carbocycles. The van der Waals surface area contributed by atoms with Crippen LogP contribution in [0.2, 0.25) is 0 Å². The van der Waals surface area contributed by atoms with E-state index in [9.17, 15) is 18.0 Å². The molecule has 10 heteroatoms. The predicted octanol–water partition coefficient (Wildman–Crippen LogP) is 3.89. The lowest BCUT2D eigenvalue weighted by Gasteiger charge is -2.31. The Balaban J connectivity index is 1.37. The van der Waals surface area contributed by atoms with Gasteiger partial charge in [-0.15, -0.1) is 0 Å². The number of amides is 1. The first-order chi connectivity index (χ1) is 14.4. The maximum Gasteiger partial charge on any atom is 0.390 e. The van der Waals surface area contributed by atoms with Crippen molar-refractivity contribution >= 4 is 22.6 Å². The molecule has 0 spiro atoms. The molecule has 0 radical (unpaired) electrons. The molecule has 0 atom stereocenters. The Bertz CT molecular complexity index is 1010. The zero-order chi connectivity index (χ0) is 21.1. The van der Waals surface area contributed by atoms with Crippen LogP contribution in [0.3, 0.4) is 0 Å². The number of halogens is 3. The number of likely N-dealkylation sites (tertiary alicyclic amines) is 1. The average molecular weight is 419 g/mol. The van der Waals surface area contributed by atoms with Crippen molar-refractivity contribution in [3.63, 3.8) is 0 Å². The van der Waals surface area contributed by atoms with Gasteiger partial charge in [-0.1, -0.05) is 0 Å². The summed E-state index contributed by atoms with van der Waals surface area (Å²) in [6, 6.07) is 5.34. The number of rotatable bonds is 5. The van der Waals surface area contributed by atoms with Crippen LogP contribution in [0.15, 0.2) is 41.4 Å². The van der Waals surface area contributed by atoms with Crippen molar-refractivity contribution in [2.24, 2.45) is 5.92 Å². The molecule has 4 rings (SSSR count). The van der Waals surface area contributed by atoms with E-state index in [1.54, 1.807) is 29.4 Å². The first-order valence-corrected chi connectivity index (χ1v) is 9.63. The summed E-state index contributed by atoms with van der Waals surface area (Å²) in [4.78, 5) is 27.0. The Morgan fingerprint density at radius 1 is 1.23 bits per heavy atom. The van der Waals surface area contributed by atoms with Gasteiger partial charge in [0.25, 0.3) is 0 Å². The SMILES string of the molecule is O=C(Nc1cc2nc(-c3cnco3)ccc2cn1)C1CCN(CCC(F)(F)F)CC1. The third kappa shape index (κ3) is 4.93. The topological polar surface area (TPSA) is 84.2 Å². The fourth-order valence-corrected chi connectivity index (χ4v) is 3.50. The third-order valence-corrected chi connectivity index (χ3v) is 5.18. The van der Waals surface area contributed by atoms with E-state index in [0.29, 0.717) is 48.7 Å². The van der Waals surface area contributed by atoms with Crippen LogP contribution in [0.4, 0.5) is 19.0 Å². The minimum Gasteiger partial charge on any atom is -0.442 e. The van der Waals surface area contributed by atoms with Crippen LogP contribution in [0, 0.1) is 5.92 Å². The Labute approximate surface area is 170 Å². The number of pyridine rings is 2. The Morgan fingerprint density at radius 3 is 2.73 bits per heavy atom. The monoisotopic (exact) mass is 419 g/mol. The van der Waals surface area contributed by atoms with Crippen molar-refractivity contribution in [2.75, 3.05) is 25.0 Å². The Morgan fingerprint density at radius 2 is 2.03 bits per heavy atom. The number of anilines is 1. The summed E-state index contributed by atoms with van der Waals surface area (Å²) in [6.45, 7) is 0.923. The molecule has 0 bridgehead atoms. The van der Waals surface area contributed by atoms with Crippen LogP contribution in [0.25, 0.3) is 22.4 Å². The van der Waals surface area contributed by atoms with Crippen molar-refractivity contribution in [2.45, 2.75) is 25.4 Å². The number of nitrogens with one attached hydrogen (secondary N) is 1. The maximum atomic E-state index is 12.6. The van der Waals surface area contributed by atoms with Gasteiger partial charge in [0.05, 0.1) is 18.1 Å². The van der Waals surface area contributed by atoms with Gasteiger partial charge in [-0.2, -0.15) is 13.2 Å². The Kier molecular flexibility index (Phi) is 5.67. The maximum absolute atomic E-state index is 12.6. The van der Waals surface area contributed by atoms with E-state index in [2.05, 4.69) is 20.3 Å². The number of nitrogens with zero attached hydrogens (tertiary/aromatic N) is 4. The summed E-state index contributed by atoms with van der Waals surface area (Å²) in [5.41, 5.74) is 1.27. The van der Waals surface area contributed by atoms with Gasteiger partial charge in [-0.05, 0) is 38.1 Å². The standard InChI is InChI=1S/C20H20F3N5O2/c21-20(22,23)5-8-28-6-3-13(4-7-28)19(29)27-18-9-16-14(10-25-18)1-2-15(26-16)17-11-24-12-30-17/h1-2,9-13H,3-8H2,(H,25,27,29). The number of piperidine rings is 1. The smallest absolute Gasteiger partial charge is 0.390 e. The first-order valence-electron chi connectivity index (χ1n) is 9.63. The van der Waals surface area contributed by atoms with Gasteiger partial charge >= 0.3 is 6.18 Å². The van der Waals surface area contributed by atoms with Crippen LogP contribution in [0.5, 0.6) is 0 Å². The van der Waals surface area contributed by atoms with Crippen molar-refractivity contribution in [3.05, 3.63) is 37.0 Å². The molecule has 0 aromatic carbocycles. The van der Waals surface area contributed by atoms with Crippen LogP contribution >= 0.6 is 0 Å². The number of hydrogen-bond acceptors (Lipinski definition) is 6. The van der Waals surface area contributed by atoms with Gasteiger partial charge in [0, 0.05) is 30.1 Å². The molecule has 0 unspecified atom stereocenters. The molecule has 158 valence electrons. The largest absolute Gasteiger partial charge is 0.442 e. The lowest BCUT2D eigenvalue weighted by Crippen LogP contribution is -2.39. The molecule has 3 aromatic rings. The first kappa shape index (κ1) is 20.3. The summed E-state index contributed by atoms with van der Waals surface area (Å²) in [7, 11) is 0. The molecule has 30 heavy (non-hydrogen) atoms. The molecule has 0 aliphatic carbocycles. The average Bonchev–Trinajstić information content (AvgIpc) is 3.26. The van der Waals surface area contributed by atoms with Crippen LogP contribution < -0.4 is 5.32 Å². The van der Waals surface area contributed by atoms with E-state index in [0.717, 1.165) is 5.39 Å². The minimum absolute atomic E-state index is 0.0245. The van der Waals surface area contributed by atoms with Crippen molar-refractivity contribution in [1.82, 2.24) is 19.9 Å². The fourth-order valence-electron chi connectivity index (χ4n) is 3.50. The predicted molar refractivity (Wildman–Crippen MR) is 104 cm³/mol. The number of carbonyl (C=O) groups excluding carboxylic acids is 1. The van der Waals surface area contributed by atoms with Gasteiger partial charge in [0.15, 0.2) is 12.2 Å². The lowest BCUT2D eigenvalue weighted by atomic mass is 9.96. The number of fused-ring (bicyclic) bond motifs is 1. The highest BCUT2D eigenvalue weighted by atomic mass is 19.4. The van der Waals surface area contributed by atoms with E-state index in [4.69, 9.17) is 4.42 Å². The molecule has 3 aromatic heterocycles. The number of hydrogen-bond donors (Lipinski definition) is 1. The zero-order valence-electron chi connectivity index (χ0n) is 16.0. The number of aromatic nitrogens is 3. The molecule has 1 aliphatic rings. The molecular weight excluding hydrogens is 399 g/mol. The molecule has 1 aliphatic heterocycles. The van der Waals surface area contributed by atoms with Crippen molar-refractivity contribution in [1.29, 1.82) is 0 Å². The van der Waals surface area contributed by atoms with Gasteiger partial charge in [-0.3, -0.25) is 4.79 Å². The van der Waals surface area contributed by atoms with E-state index in [1.807, 2.05) is 6.07 Å². The summed E-state index contributed by atoms with van der Waals surface area (Å²) in [5.74, 6) is 0.493. The van der Waals surface area contributed by atoms with E-state index < -0.39 is 12.6 Å². The van der Waals surface area contributed by atoms with Crippen LogP contribution in [-0.4, -0.2) is 51.6 Å². The highest BCUT2D eigenvalue weighted by molar-refractivity contribution is 5.93. The summed E-state index contributed by atoms with van der Waals surface area (Å²) in [6.07, 6.45) is 0.580. The van der Waals surface area contributed by atoms with Gasteiger partial charge < -0.3 is 14.6 Å². The number of oxazole rings is 1. The fraction of sp³-hybridized carbons (Fsp3) is 0.400. The summed E-state index contributed by atoms with van der Waals surface area (Å²) in [5, 5.41) is 3.62. The normalized spacial score (nSPS) is 16.1. The Hall–Kier alpha value is -3.01. The second-order valence-electron chi connectivity index (χ2n) is 7.29. The molecule has 4 heterocycles. The van der Waals surface area contributed by atoms with Crippen LogP contribution in [0.1, 0.15) is 19.3 Å². The highest BCUT2D eigenvalue weighted by Crippen LogP contribution is 2.25. The minimum atomic E-state index is -4.16. The van der Waals surface area contributed by atoms with Gasteiger partial charge in [0.1, 0.15) is 11.5 Å². The molecular formula is C20H20F3N5O2. The summed E-state index contributed by atoms with van der Waals surface area (Å²) < 4.78 is 42.3. The molecule has 1 fully saturated rings. The van der Waals surface area contributed by atoms with Gasteiger partial charge in [0.2, 0.25) is 5.91 Å². The molecule has 7 nitrogen and oxygen atoms in total. The lowest BCUT2D eigenvalue weighted by molar-refractivity contribution is -0.139. The molecule has 1 N–H and O–H groups in total. The van der Waals surface area contributed by atoms with E-state index >= 15 is 0 Å². The highest BCUT2D eigenvalue weighted by Gasteiger charge is 2.30. The molecule has 1 saturated heterocycles. The van der Waals surface area contributed by atoms with E-state index in [1.165, 1.54) is 6.39 Å². The van der Waals surface area contributed by atoms with Crippen molar-refractivity contribution < 1.29 is 22.4 Å². The third-order valence-electron chi connectivity index (χ3n) is 5.18. The second kappa shape index (κ2) is 8.39. The van der Waals surface area contributed by atoms with Crippen LogP contribution in [-0.2, 0) is 4.79 Å². The number of carbonyl (C=O) groups is 1. The summed E-state index contributed by atoms with van der Waals surface area (Å²) >= 11 is 0.